The Kier molecular flexibility index (Phi) is 7.94. The molecule has 2 aliphatic rings. The number of nitrogens with zero attached hydrogens (tertiary/aromatic N) is 2. The minimum Gasteiger partial charge on any atom is -0.308 e. The number of pyridine rings is 2. The van der Waals surface area contributed by atoms with Gasteiger partial charge >= 0.3 is 0 Å². The lowest BCUT2D eigenvalue weighted by Gasteiger charge is -2.26. The van der Waals surface area contributed by atoms with Crippen LogP contribution in [-0.2, 0) is 0 Å². The Morgan fingerprint density at radius 2 is 0.768 bits per heavy atom. The van der Waals surface area contributed by atoms with Crippen molar-refractivity contribution in [1.29, 1.82) is 0 Å². The van der Waals surface area contributed by atoms with Crippen LogP contribution in [0.15, 0.2) is 143 Å². The second kappa shape index (κ2) is 13.3. The molecule has 0 unspecified atom stereocenters. The molecule has 274 valence electrons. The number of hydrogen-bond donors (Lipinski definition) is 0. The summed E-state index contributed by atoms with van der Waals surface area (Å²) in [4.78, 5) is 29.7. The van der Waals surface area contributed by atoms with Crippen molar-refractivity contribution in [2.75, 3.05) is 0 Å². The molecule has 2 saturated carbocycles. The lowest BCUT2D eigenvalue weighted by atomic mass is 9.81. The lowest BCUT2D eigenvalue weighted by molar-refractivity contribution is 0.445. The van der Waals surface area contributed by atoms with Crippen molar-refractivity contribution in [2.45, 2.75) is 76.0 Å². The quantitative estimate of drug-likeness (QED) is 0.169. The first-order chi connectivity index (χ1) is 27.7. The summed E-state index contributed by atoms with van der Waals surface area (Å²) in [6.07, 6.45) is 12.3. The van der Waals surface area contributed by atoms with E-state index in [1.807, 2.05) is 48.5 Å². The van der Waals surface area contributed by atoms with E-state index in [1.54, 1.807) is 0 Å². The molecule has 0 amide bonds. The SMILES string of the molecule is O=c1c2ccccc2n(-c2cccc3cccc(C4CCCCC4)c23)c2cc3c(=O)c4ccccc4n(-c4cccc5cccc(C6CCCCC6)c45)c3cc12. The number of para-hydroxylation sites is 2. The van der Waals surface area contributed by atoms with E-state index in [0.717, 1.165) is 33.4 Å². The molecule has 4 nitrogen and oxygen atoms in total. The van der Waals surface area contributed by atoms with Crippen molar-refractivity contribution in [1.82, 2.24) is 9.13 Å². The number of hydrogen-bond acceptors (Lipinski definition) is 2. The van der Waals surface area contributed by atoms with E-state index in [9.17, 15) is 9.59 Å². The van der Waals surface area contributed by atoms with E-state index in [0.29, 0.717) is 33.4 Å². The zero-order chi connectivity index (χ0) is 37.3. The van der Waals surface area contributed by atoms with E-state index in [1.165, 1.54) is 96.9 Å². The number of fused-ring (bicyclic) bond motifs is 6. The Bertz CT molecular complexity index is 2930. The highest BCUT2D eigenvalue weighted by molar-refractivity contribution is 6.08. The highest BCUT2D eigenvalue weighted by Gasteiger charge is 2.25. The highest BCUT2D eigenvalue weighted by atomic mass is 16.1. The molecule has 2 fully saturated rings. The fourth-order valence-corrected chi connectivity index (χ4v) is 10.7. The molecule has 0 spiro atoms. The van der Waals surface area contributed by atoms with Gasteiger partial charge in [0.25, 0.3) is 0 Å². The van der Waals surface area contributed by atoms with Crippen LogP contribution in [0.3, 0.4) is 0 Å². The van der Waals surface area contributed by atoms with Gasteiger partial charge in [0.1, 0.15) is 0 Å². The van der Waals surface area contributed by atoms with Gasteiger partial charge in [0.15, 0.2) is 10.9 Å². The van der Waals surface area contributed by atoms with Crippen LogP contribution in [0.25, 0.3) is 76.5 Å². The summed E-state index contributed by atoms with van der Waals surface area (Å²) in [5, 5.41) is 7.43. The predicted molar refractivity (Wildman–Crippen MR) is 234 cm³/mol. The summed E-state index contributed by atoms with van der Waals surface area (Å²) < 4.78 is 4.55. The van der Waals surface area contributed by atoms with Crippen LogP contribution in [0.2, 0.25) is 0 Å². The van der Waals surface area contributed by atoms with Crippen LogP contribution in [-0.4, -0.2) is 9.13 Å². The molecule has 2 heterocycles. The molecule has 11 rings (SSSR count). The van der Waals surface area contributed by atoms with Crippen LogP contribution >= 0.6 is 0 Å². The average Bonchev–Trinajstić information content (AvgIpc) is 3.26. The molecule has 4 heteroatoms. The minimum absolute atomic E-state index is 0.0190. The second-order valence-electron chi connectivity index (χ2n) is 16.4. The van der Waals surface area contributed by atoms with Gasteiger partial charge in [-0.15, -0.1) is 0 Å². The van der Waals surface area contributed by atoms with Gasteiger partial charge < -0.3 is 9.13 Å². The molecule has 2 aliphatic carbocycles. The van der Waals surface area contributed by atoms with Crippen LogP contribution < -0.4 is 10.9 Å². The number of benzene rings is 7. The van der Waals surface area contributed by atoms with E-state index in [4.69, 9.17) is 0 Å². The molecule has 56 heavy (non-hydrogen) atoms. The molecule has 2 aromatic heterocycles. The summed E-state index contributed by atoms with van der Waals surface area (Å²) in [5.74, 6) is 0.980. The van der Waals surface area contributed by atoms with Crippen molar-refractivity contribution < 1.29 is 0 Å². The third kappa shape index (κ3) is 5.11. The van der Waals surface area contributed by atoms with Gasteiger partial charge in [-0.25, -0.2) is 0 Å². The van der Waals surface area contributed by atoms with E-state index < -0.39 is 0 Å². The molecule has 9 aromatic rings. The predicted octanol–water partition coefficient (Wildman–Crippen LogP) is 13.0. The maximum atomic E-state index is 14.9. The summed E-state index contributed by atoms with van der Waals surface area (Å²) >= 11 is 0. The largest absolute Gasteiger partial charge is 0.308 e. The maximum Gasteiger partial charge on any atom is 0.197 e. The first-order valence-electron chi connectivity index (χ1n) is 20.7. The zero-order valence-electron chi connectivity index (χ0n) is 31.6. The van der Waals surface area contributed by atoms with E-state index in [2.05, 4.69) is 94.1 Å². The number of rotatable bonds is 4. The molecule has 0 atom stereocenters. The Hall–Kier alpha value is -6.00. The standard InChI is InChI=1S/C52H44N2O2/c55-51-39-23-7-9-27-43(39)53(45-29-13-21-35-19-11-25-37(49(35)45)33-15-3-1-4-16-33)47-31-42-48(32-41(47)51)54(44-28-10-8-24-40(44)52(42)56)46-30-14-22-36-20-12-26-38(50(36)46)34-17-5-2-6-18-34/h7-14,19-34H,1-6,15-18H2. The first-order valence-corrected chi connectivity index (χ1v) is 20.7. The second-order valence-corrected chi connectivity index (χ2v) is 16.4. The molecule has 0 N–H and O–H groups in total. The van der Waals surface area contributed by atoms with Crippen molar-refractivity contribution in [2.24, 2.45) is 0 Å². The lowest BCUT2D eigenvalue weighted by Crippen LogP contribution is -2.15. The monoisotopic (exact) mass is 728 g/mol. The van der Waals surface area contributed by atoms with Crippen molar-refractivity contribution in [3.05, 3.63) is 165 Å². The maximum absolute atomic E-state index is 14.9. The highest BCUT2D eigenvalue weighted by Crippen LogP contribution is 2.42. The summed E-state index contributed by atoms with van der Waals surface area (Å²) in [6.45, 7) is 0. The minimum atomic E-state index is -0.0190. The van der Waals surface area contributed by atoms with Gasteiger partial charge in [-0.2, -0.15) is 0 Å². The van der Waals surface area contributed by atoms with Crippen molar-refractivity contribution in [3.8, 4) is 11.4 Å². The van der Waals surface area contributed by atoms with Crippen LogP contribution in [0.5, 0.6) is 0 Å². The fourth-order valence-electron chi connectivity index (χ4n) is 10.7. The zero-order valence-corrected chi connectivity index (χ0v) is 31.6. The van der Waals surface area contributed by atoms with Gasteiger partial charge in [-0.05, 0) is 108 Å². The third-order valence-electron chi connectivity index (χ3n) is 13.3. The average molecular weight is 729 g/mol. The van der Waals surface area contributed by atoms with Crippen LogP contribution in [0.4, 0.5) is 0 Å². The normalized spacial score (nSPS) is 15.9. The topological polar surface area (TPSA) is 44.0 Å². The van der Waals surface area contributed by atoms with E-state index in [-0.39, 0.29) is 10.9 Å². The molecular formula is C52H44N2O2. The van der Waals surface area contributed by atoms with Crippen molar-refractivity contribution in [3.63, 3.8) is 0 Å². The van der Waals surface area contributed by atoms with Gasteiger partial charge in [-0.1, -0.05) is 123 Å². The Balaban J connectivity index is 1.29. The Labute approximate surface area is 325 Å². The van der Waals surface area contributed by atoms with E-state index >= 15 is 0 Å². The van der Waals surface area contributed by atoms with Gasteiger partial charge in [0, 0.05) is 32.3 Å². The Morgan fingerprint density at radius 1 is 0.375 bits per heavy atom. The molecule has 0 saturated heterocycles. The van der Waals surface area contributed by atoms with Crippen molar-refractivity contribution >= 4 is 65.2 Å². The number of aromatic nitrogens is 2. The molecule has 0 aliphatic heterocycles. The summed E-state index contributed by atoms with van der Waals surface area (Å²) in [7, 11) is 0. The molecule has 0 radical (unpaired) electrons. The summed E-state index contributed by atoms with van der Waals surface area (Å²) in [6, 6.07) is 46.6. The van der Waals surface area contributed by atoms with Crippen LogP contribution in [0.1, 0.15) is 87.2 Å². The first kappa shape index (κ1) is 33.3. The fraction of sp³-hybridized carbons (Fsp3) is 0.231. The molecule has 7 aromatic carbocycles. The van der Waals surface area contributed by atoms with Gasteiger partial charge in [-0.3, -0.25) is 9.59 Å². The third-order valence-corrected chi connectivity index (χ3v) is 13.3. The van der Waals surface area contributed by atoms with Crippen LogP contribution in [0, 0.1) is 0 Å². The Morgan fingerprint density at radius 3 is 1.20 bits per heavy atom. The molecular weight excluding hydrogens is 685 g/mol. The smallest absolute Gasteiger partial charge is 0.197 e. The van der Waals surface area contributed by atoms with Gasteiger partial charge in [0.2, 0.25) is 0 Å². The summed E-state index contributed by atoms with van der Waals surface area (Å²) in [5.41, 5.74) is 8.04. The van der Waals surface area contributed by atoms with Gasteiger partial charge in [0.05, 0.1) is 33.4 Å². The molecule has 0 bridgehead atoms.